The molecule has 43 heavy (non-hydrogen) atoms. The number of halogens is 1. The van der Waals surface area contributed by atoms with Crippen LogP contribution in [0.5, 0.6) is 11.5 Å². The highest BCUT2D eigenvalue weighted by molar-refractivity contribution is 7.92. The van der Waals surface area contributed by atoms with Crippen molar-refractivity contribution in [3.05, 3.63) is 89.7 Å². The average Bonchev–Trinajstić information content (AvgIpc) is 3.47. The number of rotatable bonds is 11. The molecule has 0 radical (unpaired) electrons. The number of carbonyl (C=O) groups is 2. The lowest BCUT2D eigenvalue weighted by molar-refractivity contribution is -0.140. The van der Waals surface area contributed by atoms with Crippen molar-refractivity contribution in [2.24, 2.45) is 0 Å². The van der Waals surface area contributed by atoms with Crippen molar-refractivity contribution in [3.63, 3.8) is 0 Å². The van der Waals surface area contributed by atoms with E-state index in [1.807, 2.05) is 30.3 Å². The molecule has 9 nitrogen and oxygen atoms in total. The Labute approximate surface area is 251 Å². The molecule has 2 aliphatic rings. The summed E-state index contributed by atoms with van der Waals surface area (Å²) in [6, 6.07) is 18.8. The summed E-state index contributed by atoms with van der Waals surface area (Å²) < 4.78 is 51.6. The van der Waals surface area contributed by atoms with E-state index in [4.69, 9.17) is 9.47 Å². The molecule has 0 spiro atoms. The lowest BCUT2D eigenvalue weighted by Crippen LogP contribution is -2.55. The van der Waals surface area contributed by atoms with E-state index in [1.54, 1.807) is 24.3 Å². The Morgan fingerprint density at radius 3 is 2.33 bits per heavy atom. The summed E-state index contributed by atoms with van der Waals surface area (Å²) in [7, 11) is -3.93. The number of fused-ring (bicyclic) bond motifs is 1. The molecule has 1 unspecified atom stereocenters. The number of hydrogen-bond acceptors (Lipinski definition) is 6. The minimum atomic E-state index is -3.93. The number of amides is 2. The van der Waals surface area contributed by atoms with Gasteiger partial charge in [-0.25, -0.2) is 12.8 Å². The second-order valence-corrected chi connectivity index (χ2v) is 12.9. The van der Waals surface area contributed by atoms with Gasteiger partial charge in [0, 0.05) is 25.1 Å². The van der Waals surface area contributed by atoms with Crippen molar-refractivity contribution in [1.29, 1.82) is 0 Å². The third-order valence-electron chi connectivity index (χ3n) is 7.81. The zero-order valence-electron chi connectivity index (χ0n) is 24.1. The molecule has 1 saturated carbocycles. The van der Waals surface area contributed by atoms with Gasteiger partial charge >= 0.3 is 0 Å². The van der Waals surface area contributed by atoms with Crippen molar-refractivity contribution in [3.8, 4) is 11.5 Å². The van der Waals surface area contributed by atoms with E-state index in [0.29, 0.717) is 17.1 Å². The van der Waals surface area contributed by atoms with Gasteiger partial charge in [-0.05, 0) is 48.2 Å². The summed E-state index contributed by atoms with van der Waals surface area (Å²) in [5, 5.41) is 3.16. The van der Waals surface area contributed by atoms with Gasteiger partial charge in [0.25, 0.3) is 0 Å². The molecule has 1 aliphatic carbocycles. The molecule has 1 fully saturated rings. The Hall–Kier alpha value is -4.12. The Balaban J connectivity index is 1.49. The van der Waals surface area contributed by atoms with E-state index in [2.05, 4.69) is 5.32 Å². The summed E-state index contributed by atoms with van der Waals surface area (Å²) in [5.41, 5.74) is 1.68. The van der Waals surface area contributed by atoms with Crippen molar-refractivity contribution in [2.45, 2.75) is 57.2 Å². The largest absolute Gasteiger partial charge is 0.454 e. The first-order valence-corrected chi connectivity index (χ1v) is 16.3. The van der Waals surface area contributed by atoms with E-state index in [0.717, 1.165) is 48.2 Å². The van der Waals surface area contributed by atoms with Crippen LogP contribution in [0.1, 0.15) is 43.2 Å². The van der Waals surface area contributed by atoms with Gasteiger partial charge in [-0.1, -0.05) is 61.7 Å². The first kappa shape index (κ1) is 30.3. The number of benzene rings is 3. The second kappa shape index (κ2) is 13.5. The topological polar surface area (TPSA) is 105 Å². The first-order chi connectivity index (χ1) is 20.7. The van der Waals surface area contributed by atoms with Crippen LogP contribution in [0.15, 0.2) is 72.8 Å². The van der Waals surface area contributed by atoms with Crippen molar-refractivity contribution in [2.75, 3.05) is 23.9 Å². The highest BCUT2D eigenvalue weighted by Gasteiger charge is 2.34. The van der Waals surface area contributed by atoms with Gasteiger partial charge in [0.05, 0.1) is 11.9 Å². The normalized spacial score (nSPS) is 15.5. The summed E-state index contributed by atoms with van der Waals surface area (Å²) in [5.74, 6) is -0.463. The SMILES string of the molecule is CS(=O)(=O)N(CC(=O)N(Cc1ccc(F)cc1)C(Cc1ccccc1)C(=O)NC1CCCCC1)c1ccc2c(c1)OCO2. The molecule has 0 saturated heterocycles. The van der Waals surface area contributed by atoms with Gasteiger partial charge in [0.1, 0.15) is 18.4 Å². The second-order valence-electron chi connectivity index (χ2n) is 11.0. The van der Waals surface area contributed by atoms with Gasteiger partial charge in [-0.15, -0.1) is 0 Å². The highest BCUT2D eigenvalue weighted by Crippen LogP contribution is 2.36. The first-order valence-electron chi connectivity index (χ1n) is 14.4. The van der Waals surface area contributed by atoms with E-state index >= 15 is 0 Å². The number of sulfonamides is 1. The number of anilines is 1. The van der Waals surface area contributed by atoms with Crippen LogP contribution < -0.4 is 19.1 Å². The van der Waals surface area contributed by atoms with E-state index in [9.17, 15) is 22.4 Å². The maximum atomic E-state index is 14.2. The molecule has 2 amide bonds. The van der Waals surface area contributed by atoms with Crippen LogP contribution in [-0.2, 0) is 32.6 Å². The van der Waals surface area contributed by atoms with Crippen LogP contribution in [0.25, 0.3) is 0 Å². The Morgan fingerprint density at radius 2 is 1.63 bits per heavy atom. The van der Waals surface area contributed by atoms with Crippen LogP contribution in [0.4, 0.5) is 10.1 Å². The summed E-state index contributed by atoms with van der Waals surface area (Å²) in [6.45, 7) is -0.561. The molecule has 3 aromatic rings. The fourth-order valence-electron chi connectivity index (χ4n) is 5.54. The van der Waals surface area contributed by atoms with Crippen molar-refractivity contribution < 1.29 is 31.9 Å². The third kappa shape index (κ3) is 7.84. The van der Waals surface area contributed by atoms with Crippen LogP contribution in [0.2, 0.25) is 0 Å². The minimum Gasteiger partial charge on any atom is -0.454 e. The van der Waals surface area contributed by atoms with E-state index in [1.165, 1.54) is 23.1 Å². The Bertz CT molecular complexity index is 1530. The maximum Gasteiger partial charge on any atom is 0.244 e. The lowest BCUT2D eigenvalue weighted by atomic mass is 9.94. The molecular formula is C32H36FN3O6S. The van der Waals surface area contributed by atoms with Gasteiger partial charge in [-0.2, -0.15) is 0 Å². The molecule has 228 valence electrons. The monoisotopic (exact) mass is 609 g/mol. The van der Waals surface area contributed by atoms with Crippen molar-refractivity contribution >= 4 is 27.5 Å². The zero-order valence-corrected chi connectivity index (χ0v) is 24.9. The number of nitrogens with one attached hydrogen (secondary N) is 1. The molecule has 1 atom stereocenters. The Morgan fingerprint density at radius 1 is 0.930 bits per heavy atom. The van der Waals surface area contributed by atoms with Crippen LogP contribution in [0, 0.1) is 5.82 Å². The number of hydrogen-bond donors (Lipinski definition) is 1. The smallest absolute Gasteiger partial charge is 0.244 e. The lowest BCUT2D eigenvalue weighted by Gasteiger charge is -2.35. The number of ether oxygens (including phenoxy) is 2. The van der Waals surface area contributed by atoms with E-state index in [-0.39, 0.29) is 37.4 Å². The molecule has 0 bridgehead atoms. The van der Waals surface area contributed by atoms with Gasteiger partial charge in [-0.3, -0.25) is 13.9 Å². The molecule has 1 N–H and O–H groups in total. The van der Waals surface area contributed by atoms with Gasteiger partial charge in [0.2, 0.25) is 28.6 Å². The number of carbonyl (C=O) groups excluding carboxylic acids is 2. The molecule has 0 aromatic heterocycles. The van der Waals surface area contributed by atoms with Crippen LogP contribution in [0.3, 0.4) is 0 Å². The molecule has 1 aliphatic heterocycles. The highest BCUT2D eigenvalue weighted by atomic mass is 32.2. The molecule has 5 rings (SSSR count). The minimum absolute atomic E-state index is 0.00319. The van der Waals surface area contributed by atoms with Gasteiger partial charge in [0.15, 0.2) is 11.5 Å². The number of nitrogens with zero attached hydrogens (tertiary/aromatic N) is 2. The third-order valence-corrected chi connectivity index (χ3v) is 8.95. The predicted octanol–water partition coefficient (Wildman–Crippen LogP) is 4.41. The molecular weight excluding hydrogens is 573 g/mol. The fourth-order valence-corrected chi connectivity index (χ4v) is 6.38. The average molecular weight is 610 g/mol. The Kier molecular flexibility index (Phi) is 9.49. The van der Waals surface area contributed by atoms with Crippen LogP contribution in [-0.4, -0.2) is 56.8 Å². The summed E-state index contributed by atoms with van der Waals surface area (Å²) >= 11 is 0. The summed E-state index contributed by atoms with van der Waals surface area (Å²) in [4.78, 5) is 29.6. The maximum absolute atomic E-state index is 14.2. The molecule has 3 aromatic carbocycles. The quantitative estimate of drug-likeness (QED) is 0.346. The standard InChI is InChI=1S/C32H36FN3O6S/c1-43(39,40)36(27-16-17-29-30(19-27)42-22-41-29)21-31(37)35(20-24-12-14-25(33)15-13-24)28(18-23-8-4-2-5-9-23)32(38)34-26-10-6-3-7-11-26/h2,4-5,8-9,12-17,19,26,28H,3,6-7,10-11,18,20-22H2,1H3,(H,34,38). The summed E-state index contributed by atoms with van der Waals surface area (Å²) in [6.07, 6.45) is 6.12. The van der Waals surface area contributed by atoms with Crippen LogP contribution >= 0.6 is 0 Å². The zero-order chi connectivity index (χ0) is 30.4. The predicted molar refractivity (Wildman–Crippen MR) is 161 cm³/mol. The van der Waals surface area contributed by atoms with Crippen molar-refractivity contribution in [1.82, 2.24) is 10.2 Å². The fraction of sp³-hybridized carbons (Fsp3) is 0.375. The molecule has 1 heterocycles. The van der Waals surface area contributed by atoms with Gasteiger partial charge < -0.3 is 19.7 Å². The van der Waals surface area contributed by atoms with E-state index < -0.39 is 34.3 Å². The molecule has 11 heteroatoms.